The topological polar surface area (TPSA) is 48.4 Å². The molecule has 3 heteroatoms. The van der Waals surface area contributed by atoms with Crippen molar-refractivity contribution in [2.75, 3.05) is 0 Å². The third-order valence-corrected chi connectivity index (χ3v) is 3.95. The number of furan rings is 1. The number of nitrogens with two attached hydrogens (primary N) is 1. The second kappa shape index (κ2) is 8.20. The molecule has 0 saturated carbocycles. The highest BCUT2D eigenvalue weighted by atomic mass is 16.5. The molecule has 1 atom stereocenters. The Morgan fingerprint density at radius 2 is 2.00 bits per heavy atom. The Balaban J connectivity index is 1.90. The van der Waals surface area contributed by atoms with E-state index in [1.807, 2.05) is 18.2 Å². The van der Waals surface area contributed by atoms with Gasteiger partial charge in [0.1, 0.15) is 18.0 Å². The maximum Gasteiger partial charge on any atom is 0.135 e. The van der Waals surface area contributed by atoms with Gasteiger partial charge in [0.05, 0.1) is 6.10 Å². The number of ether oxygens (including phenoxy) is 1. The molecular formula is C18H27NO2. The van der Waals surface area contributed by atoms with Gasteiger partial charge in [-0.3, -0.25) is 0 Å². The van der Waals surface area contributed by atoms with Gasteiger partial charge in [-0.05, 0) is 19.4 Å². The van der Waals surface area contributed by atoms with Gasteiger partial charge in [0.15, 0.2) is 0 Å². The summed E-state index contributed by atoms with van der Waals surface area (Å²) in [4.78, 5) is 0. The van der Waals surface area contributed by atoms with Crippen molar-refractivity contribution in [3.63, 3.8) is 0 Å². The Morgan fingerprint density at radius 1 is 1.19 bits per heavy atom. The van der Waals surface area contributed by atoms with Crippen LogP contribution in [0, 0.1) is 0 Å². The Hall–Kier alpha value is -1.32. The molecule has 1 aromatic heterocycles. The lowest BCUT2D eigenvalue weighted by molar-refractivity contribution is 0.0363. The summed E-state index contributed by atoms with van der Waals surface area (Å²) in [6.07, 6.45) is 6.49. The molecule has 2 N–H and O–H groups in total. The maximum absolute atomic E-state index is 5.93. The summed E-state index contributed by atoms with van der Waals surface area (Å²) in [5.41, 5.74) is 7.83. The highest BCUT2D eigenvalue weighted by Gasteiger charge is 2.13. The first-order chi connectivity index (χ1) is 10.3. The predicted molar refractivity (Wildman–Crippen MR) is 87.1 cm³/mol. The molecule has 0 spiro atoms. The van der Waals surface area contributed by atoms with Crippen LogP contribution in [0.3, 0.4) is 0 Å². The normalized spacial score (nSPS) is 12.9. The molecule has 0 aliphatic carbocycles. The zero-order valence-corrected chi connectivity index (χ0v) is 13.2. The second-order valence-corrected chi connectivity index (χ2v) is 5.68. The van der Waals surface area contributed by atoms with E-state index in [0.29, 0.717) is 13.2 Å². The Labute approximate surface area is 127 Å². The Bertz CT molecular complexity index is 547. The largest absolute Gasteiger partial charge is 0.458 e. The van der Waals surface area contributed by atoms with Crippen molar-refractivity contribution in [3.8, 4) is 0 Å². The van der Waals surface area contributed by atoms with Crippen molar-refractivity contribution in [2.45, 2.75) is 65.2 Å². The minimum absolute atomic E-state index is 0.265. The fourth-order valence-corrected chi connectivity index (χ4v) is 2.65. The van der Waals surface area contributed by atoms with Crippen molar-refractivity contribution in [1.82, 2.24) is 0 Å². The minimum Gasteiger partial charge on any atom is -0.458 e. The van der Waals surface area contributed by atoms with Gasteiger partial charge in [-0.25, -0.2) is 0 Å². The third-order valence-electron chi connectivity index (χ3n) is 3.95. The first kappa shape index (κ1) is 16.1. The van der Waals surface area contributed by atoms with E-state index < -0.39 is 0 Å². The van der Waals surface area contributed by atoms with Crippen molar-refractivity contribution in [2.24, 2.45) is 5.73 Å². The molecule has 1 heterocycles. The summed E-state index contributed by atoms with van der Waals surface area (Å²) < 4.78 is 11.8. The first-order valence-electron chi connectivity index (χ1n) is 8.07. The summed E-state index contributed by atoms with van der Waals surface area (Å²) in [6.45, 7) is 5.36. The van der Waals surface area contributed by atoms with Crippen LogP contribution in [0.25, 0.3) is 11.0 Å². The van der Waals surface area contributed by atoms with Crippen molar-refractivity contribution >= 4 is 11.0 Å². The molecule has 2 rings (SSSR count). The van der Waals surface area contributed by atoms with E-state index in [1.165, 1.54) is 25.7 Å². The van der Waals surface area contributed by atoms with Crippen LogP contribution < -0.4 is 5.73 Å². The highest BCUT2D eigenvalue weighted by molar-refractivity contribution is 5.82. The van der Waals surface area contributed by atoms with Gasteiger partial charge in [0.25, 0.3) is 0 Å². The van der Waals surface area contributed by atoms with Crippen LogP contribution in [0.1, 0.15) is 57.3 Å². The fourth-order valence-electron chi connectivity index (χ4n) is 2.65. The number of benzene rings is 1. The molecule has 0 aliphatic heterocycles. The lowest BCUT2D eigenvalue weighted by atomic mass is 10.1. The van der Waals surface area contributed by atoms with Gasteiger partial charge in [-0.15, -0.1) is 0 Å². The molecule has 0 fully saturated rings. The van der Waals surface area contributed by atoms with Gasteiger partial charge in [0, 0.05) is 17.5 Å². The summed E-state index contributed by atoms with van der Waals surface area (Å²) >= 11 is 0. The minimum atomic E-state index is 0.265. The van der Waals surface area contributed by atoms with Crippen LogP contribution >= 0.6 is 0 Å². The Morgan fingerprint density at radius 3 is 2.76 bits per heavy atom. The van der Waals surface area contributed by atoms with E-state index in [1.54, 1.807) is 0 Å². The molecule has 0 aliphatic rings. The molecular weight excluding hydrogens is 262 g/mol. The van der Waals surface area contributed by atoms with Crippen LogP contribution in [0.4, 0.5) is 0 Å². The third kappa shape index (κ3) is 4.32. The zero-order valence-electron chi connectivity index (χ0n) is 13.2. The molecule has 0 saturated heterocycles. The van der Waals surface area contributed by atoms with Crippen LogP contribution in [-0.2, 0) is 17.9 Å². The number of hydrogen-bond acceptors (Lipinski definition) is 3. The highest BCUT2D eigenvalue weighted by Crippen LogP contribution is 2.26. The fraction of sp³-hybridized carbons (Fsp3) is 0.556. The monoisotopic (exact) mass is 289 g/mol. The molecule has 21 heavy (non-hydrogen) atoms. The lowest BCUT2D eigenvalue weighted by Gasteiger charge is -2.12. The van der Waals surface area contributed by atoms with E-state index in [2.05, 4.69) is 19.9 Å². The number of unbranched alkanes of at least 4 members (excludes halogenated alkanes) is 3. The number of para-hydroxylation sites is 1. The van der Waals surface area contributed by atoms with Gasteiger partial charge >= 0.3 is 0 Å². The van der Waals surface area contributed by atoms with E-state index in [4.69, 9.17) is 14.9 Å². The van der Waals surface area contributed by atoms with Crippen molar-refractivity contribution < 1.29 is 9.15 Å². The van der Waals surface area contributed by atoms with E-state index >= 15 is 0 Å². The molecule has 1 aromatic carbocycles. The van der Waals surface area contributed by atoms with Crippen LogP contribution in [0.5, 0.6) is 0 Å². The molecule has 2 aromatic rings. The maximum atomic E-state index is 5.93. The summed E-state index contributed by atoms with van der Waals surface area (Å²) in [5, 5.41) is 1.11. The quantitative estimate of drug-likeness (QED) is 0.677. The summed E-state index contributed by atoms with van der Waals surface area (Å²) in [6, 6.07) is 8.02. The Kier molecular flexibility index (Phi) is 6.27. The smallest absolute Gasteiger partial charge is 0.135 e. The summed E-state index contributed by atoms with van der Waals surface area (Å²) in [5.74, 6) is 0.874. The average molecular weight is 289 g/mol. The van der Waals surface area contributed by atoms with Crippen molar-refractivity contribution in [3.05, 3.63) is 35.6 Å². The number of hydrogen-bond donors (Lipinski definition) is 1. The standard InChI is InChI=1S/C18H27NO2/c1-3-4-5-6-9-14(2)20-13-18-16(12-19)15-10-7-8-11-17(15)21-18/h7-8,10-11,14H,3-6,9,12-13,19H2,1-2H3. The summed E-state index contributed by atoms with van der Waals surface area (Å²) in [7, 11) is 0. The van der Waals surface area contributed by atoms with Crippen LogP contribution in [0.15, 0.2) is 28.7 Å². The lowest BCUT2D eigenvalue weighted by Crippen LogP contribution is -2.09. The molecule has 1 unspecified atom stereocenters. The second-order valence-electron chi connectivity index (χ2n) is 5.68. The molecule has 0 bridgehead atoms. The van der Waals surface area contributed by atoms with Crippen LogP contribution in [0.2, 0.25) is 0 Å². The van der Waals surface area contributed by atoms with Gasteiger partial charge in [-0.1, -0.05) is 50.8 Å². The van der Waals surface area contributed by atoms with Gasteiger partial charge in [-0.2, -0.15) is 0 Å². The van der Waals surface area contributed by atoms with Gasteiger partial charge < -0.3 is 14.9 Å². The molecule has 0 radical (unpaired) electrons. The number of rotatable bonds is 9. The van der Waals surface area contributed by atoms with E-state index in [-0.39, 0.29) is 6.10 Å². The number of fused-ring (bicyclic) bond motifs is 1. The first-order valence-corrected chi connectivity index (χ1v) is 8.07. The molecule has 0 amide bonds. The van der Waals surface area contributed by atoms with E-state index in [0.717, 1.165) is 28.7 Å². The SMILES string of the molecule is CCCCCCC(C)OCc1oc2ccccc2c1CN. The molecule has 116 valence electrons. The predicted octanol–water partition coefficient (Wildman–Crippen LogP) is 4.77. The average Bonchev–Trinajstić information content (AvgIpc) is 2.87. The molecule has 3 nitrogen and oxygen atoms in total. The van der Waals surface area contributed by atoms with E-state index in [9.17, 15) is 0 Å². The zero-order chi connectivity index (χ0) is 15.1. The van der Waals surface area contributed by atoms with Crippen LogP contribution in [-0.4, -0.2) is 6.10 Å². The van der Waals surface area contributed by atoms with Crippen molar-refractivity contribution in [1.29, 1.82) is 0 Å². The van der Waals surface area contributed by atoms with Gasteiger partial charge in [0.2, 0.25) is 0 Å².